The summed E-state index contributed by atoms with van der Waals surface area (Å²) in [4.78, 5) is 16.6. The summed E-state index contributed by atoms with van der Waals surface area (Å²) in [6.45, 7) is 4.90. The average molecular weight is 287 g/mol. The van der Waals surface area contributed by atoms with Crippen molar-refractivity contribution in [3.63, 3.8) is 0 Å². The predicted octanol–water partition coefficient (Wildman–Crippen LogP) is 0.509. The number of carbonyl (C=O) groups excluding carboxylic acids is 1. The number of guanidine groups is 1. The van der Waals surface area contributed by atoms with Gasteiger partial charge in [0, 0.05) is 6.54 Å². The molecule has 1 amide bonds. The number of benzene rings is 1. The van der Waals surface area contributed by atoms with Gasteiger partial charge in [-0.05, 0) is 11.5 Å². The Labute approximate surface area is 124 Å². The summed E-state index contributed by atoms with van der Waals surface area (Å²) < 4.78 is 0. The Hall–Kier alpha value is -1.92. The molecule has 3 unspecified atom stereocenters. The molecule has 2 aliphatic rings. The fourth-order valence-electron chi connectivity index (χ4n) is 2.74. The molecule has 6 heteroatoms. The zero-order chi connectivity index (χ0) is 14.8. The first-order valence-corrected chi connectivity index (χ1v) is 7.33. The van der Waals surface area contributed by atoms with Crippen LogP contribution in [0.1, 0.15) is 25.5 Å². The van der Waals surface area contributed by atoms with Crippen LogP contribution in [0.25, 0.3) is 0 Å². The van der Waals surface area contributed by atoms with Gasteiger partial charge in [0.1, 0.15) is 6.17 Å². The number of hydrogen-bond donors (Lipinski definition) is 4. The van der Waals surface area contributed by atoms with Crippen LogP contribution in [0.5, 0.6) is 0 Å². The molecule has 4 N–H and O–H groups in total. The average Bonchev–Trinajstić information content (AvgIpc) is 2.94. The first-order chi connectivity index (χ1) is 10.1. The van der Waals surface area contributed by atoms with E-state index < -0.39 is 0 Å². The van der Waals surface area contributed by atoms with E-state index in [1.54, 1.807) is 0 Å². The molecule has 0 radical (unpaired) electrons. The van der Waals surface area contributed by atoms with Gasteiger partial charge in [-0.1, -0.05) is 44.2 Å². The van der Waals surface area contributed by atoms with E-state index in [4.69, 9.17) is 0 Å². The number of hydrazine groups is 1. The Morgan fingerprint density at radius 2 is 2.05 bits per heavy atom. The second-order valence-corrected chi connectivity index (χ2v) is 5.82. The summed E-state index contributed by atoms with van der Waals surface area (Å²) >= 11 is 0. The third-order valence-corrected chi connectivity index (χ3v) is 3.92. The molecule has 0 spiro atoms. The van der Waals surface area contributed by atoms with Gasteiger partial charge >= 0.3 is 0 Å². The molecular formula is C15H21N5O. The molecule has 1 aromatic rings. The van der Waals surface area contributed by atoms with Gasteiger partial charge in [-0.25, -0.2) is 10.4 Å². The van der Waals surface area contributed by atoms with Crippen LogP contribution in [-0.4, -0.2) is 24.6 Å². The molecule has 3 rings (SSSR count). The number of carbonyl (C=O) groups is 1. The molecule has 6 nitrogen and oxygen atoms in total. The van der Waals surface area contributed by atoms with Gasteiger partial charge < -0.3 is 5.32 Å². The molecule has 0 bridgehead atoms. The smallest absolute Gasteiger partial charge is 0.234 e. The SMILES string of the molecule is CC(C)C(NC1=NC2NNCC2C(=O)N1)c1ccccc1. The van der Waals surface area contributed by atoms with Crippen molar-refractivity contribution in [1.82, 2.24) is 21.5 Å². The Balaban J connectivity index is 1.79. The molecule has 3 atom stereocenters. The Kier molecular flexibility index (Phi) is 3.90. The normalized spacial score (nSPS) is 26.0. The highest BCUT2D eigenvalue weighted by atomic mass is 16.2. The topological polar surface area (TPSA) is 77.6 Å². The zero-order valence-electron chi connectivity index (χ0n) is 12.3. The lowest BCUT2D eigenvalue weighted by Gasteiger charge is -2.29. The highest BCUT2D eigenvalue weighted by molar-refractivity contribution is 6.00. The van der Waals surface area contributed by atoms with Crippen molar-refractivity contribution in [2.24, 2.45) is 16.8 Å². The Bertz CT molecular complexity index is 542. The van der Waals surface area contributed by atoms with Crippen molar-refractivity contribution in [2.75, 3.05) is 6.54 Å². The van der Waals surface area contributed by atoms with E-state index in [0.29, 0.717) is 18.4 Å². The number of nitrogens with one attached hydrogen (secondary N) is 4. The van der Waals surface area contributed by atoms with Crippen molar-refractivity contribution < 1.29 is 4.79 Å². The second-order valence-electron chi connectivity index (χ2n) is 5.82. The number of nitrogens with zero attached hydrogens (tertiary/aromatic N) is 1. The van der Waals surface area contributed by atoms with Crippen LogP contribution in [-0.2, 0) is 4.79 Å². The predicted molar refractivity (Wildman–Crippen MR) is 81.2 cm³/mol. The van der Waals surface area contributed by atoms with E-state index in [0.717, 1.165) is 0 Å². The maximum atomic E-state index is 12.1. The monoisotopic (exact) mass is 287 g/mol. The lowest BCUT2D eigenvalue weighted by molar-refractivity contribution is -0.123. The van der Waals surface area contributed by atoms with E-state index in [9.17, 15) is 4.79 Å². The van der Waals surface area contributed by atoms with Gasteiger partial charge in [0.15, 0.2) is 5.96 Å². The van der Waals surface area contributed by atoms with Crippen molar-refractivity contribution >= 4 is 11.9 Å². The second kappa shape index (κ2) is 5.83. The molecule has 0 aromatic heterocycles. The summed E-state index contributed by atoms with van der Waals surface area (Å²) in [5, 5.41) is 6.23. The third-order valence-electron chi connectivity index (χ3n) is 3.92. The number of aliphatic imine (C=N–C) groups is 1. The Morgan fingerprint density at radius 1 is 1.29 bits per heavy atom. The fraction of sp³-hybridized carbons (Fsp3) is 0.467. The molecule has 1 aromatic carbocycles. The number of hydrogen-bond acceptors (Lipinski definition) is 5. The molecule has 112 valence electrons. The largest absolute Gasteiger partial charge is 0.349 e. The van der Waals surface area contributed by atoms with Crippen LogP contribution in [0.15, 0.2) is 35.3 Å². The summed E-state index contributed by atoms with van der Waals surface area (Å²) in [6, 6.07) is 10.3. The molecule has 2 aliphatic heterocycles. The first-order valence-electron chi connectivity index (χ1n) is 7.33. The summed E-state index contributed by atoms with van der Waals surface area (Å²) in [7, 11) is 0. The minimum atomic E-state index is -0.190. The fourth-order valence-corrected chi connectivity index (χ4v) is 2.74. The highest BCUT2D eigenvalue weighted by Crippen LogP contribution is 2.22. The third kappa shape index (κ3) is 2.91. The van der Waals surface area contributed by atoms with Gasteiger partial charge in [0.05, 0.1) is 12.0 Å². The van der Waals surface area contributed by atoms with Crippen LogP contribution in [0.4, 0.5) is 0 Å². The highest BCUT2D eigenvalue weighted by Gasteiger charge is 2.37. The van der Waals surface area contributed by atoms with Gasteiger partial charge in [-0.15, -0.1) is 0 Å². The van der Waals surface area contributed by atoms with E-state index in [1.165, 1.54) is 5.56 Å². The van der Waals surface area contributed by atoms with E-state index in [-0.39, 0.29) is 24.0 Å². The van der Waals surface area contributed by atoms with Crippen molar-refractivity contribution in [1.29, 1.82) is 0 Å². The maximum Gasteiger partial charge on any atom is 0.234 e. The number of fused-ring (bicyclic) bond motifs is 1. The van der Waals surface area contributed by atoms with Crippen molar-refractivity contribution in [3.05, 3.63) is 35.9 Å². The van der Waals surface area contributed by atoms with Crippen LogP contribution in [0.3, 0.4) is 0 Å². The van der Waals surface area contributed by atoms with Crippen molar-refractivity contribution in [2.45, 2.75) is 26.1 Å². The van der Waals surface area contributed by atoms with Crippen LogP contribution >= 0.6 is 0 Å². The first kappa shape index (κ1) is 14.0. The van der Waals surface area contributed by atoms with Crippen molar-refractivity contribution in [3.8, 4) is 0 Å². The molecular weight excluding hydrogens is 266 g/mol. The molecule has 21 heavy (non-hydrogen) atoms. The molecule has 0 saturated carbocycles. The van der Waals surface area contributed by atoms with Crippen LogP contribution < -0.4 is 21.5 Å². The van der Waals surface area contributed by atoms with Gasteiger partial charge in [0.2, 0.25) is 5.91 Å². The molecule has 1 fully saturated rings. The zero-order valence-corrected chi connectivity index (χ0v) is 12.3. The molecule has 2 heterocycles. The number of rotatable bonds is 3. The quantitative estimate of drug-likeness (QED) is 0.653. The standard InChI is InChI=1S/C15H21N5O/c1-9(2)12(10-6-4-3-5-7-10)17-15-18-13-11(8-16-20-13)14(21)19-15/h3-7,9,11-13,16,20H,8H2,1-2H3,(H2,17,18,19,21). The minimum absolute atomic E-state index is 0.00516. The summed E-state index contributed by atoms with van der Waals surface area (Å²) in [5.74, 6) is 0.787. The summed E-state index contributed by atoms with van der Waals surface area (Å²) in [5.41, 5.74) is 7.18. The van der Waals surface area contributed by atoms with Gasteiger partial charge in [0.25, 0.3) is 0 Å². The number of amides is 1. The van der Waals surface area contributed by atoms with Crippen LogP contribution in [0, 0.1) is 11.8 Å². The minimum Gasteiger partial charge on any atom is -0.349 e. The Morgan fingerprint density at radius 3 is 2.76 bits per heavy atom. The van der Waals surface area contributed by atoms with Gasteiger partial charge in [-0.2, -0.15) is 0 Å². The lowest BCUT2D eigenvalue weighted by atomic mass is 9.96. The summed E-state index contributed by atoms with van der Waals surface area (Å²) in [6.07, 6.45) is -0.190. The molecule has 1 saturated heterocycles. The lowest BCUT2D eigenvalue weighted by Crippen LogP contribution is -2.53. The maximum absolute atomic E-state index is 12.1. The van der Waals surface area contributed by atoms with Crippen LogP contribution in [0.2, 0.25) is 0 Å². The van der Waals surface area contributed by atoms with E-state index >= 15 is 0 Å². The molecule has 0 aliphatic carbocycles. The van der Waals surface area contributed by atoms with E-state index in [2.05, 4.69) is 52.5 Å². The van der Waals surface area contributed by atoms with Gasteiger partial charge in [-0.3, -0.25) is 15.5 Å². The van der Waals surface area contributed by atoms with E-state index in [1.807, 2.05) is 18.2 Å².